The van der Waals surface area contributed by atoms with E-state index >= 15 is 0 Å². The van der Waals surface area contributed by atoms with E-state index in [4.69, 9.17) is 20.5 Å². The molecule has 0 heterocycles. The molecule has 2 nitrogen and oxygen atoms in total. The highest BCUT2D eigenvalue weighted by Gasteiger charge is 1.86. The summed E-state index contributed by atoms with van der Waals surface area (Å²) in [4.78, 5) is 0. The van der Waals surface area contributed by atoms with E-state index in [0.29, 0.717) is 25.7 Å². The van der Waals surface area contributed by atoms with Crippen LogP contribution in [0.3, 0.4) is 0 Å². The van der Waals surface area contributed by atoms with Crippen LogP contribution in [0.5, 0.6) is 0 Å². The lowest BCUT2D eigenvalue weighted by molar-refractivity contribution is 0.120. The first-order valence-corrected chi connectivity index (χ1v) is 6.27. The third-order valence-corrected chi connectivity index (χ3v) is 1.75. The SMILES string of the molecule is ClCCOCCOSI. The van der Waals surface area contributed by atoms with Crippen LogP contribution in [0.1, 0.15) is 0 Å². The van der Waals surface area contributed by atoms with E-state index in [9.17, 15) is 0 Å². The molecular formula is C4H8ClIO2S. The summed E-state index contributed by atoms with van der Waals surface area (Å²) in [5.41, 5.74) is 0. The van der Waals surface area contributed by atoms with Crippen molar-refractivity contribution in [2.24, 2.45) is 0 Å². The highest BCUT2D eigenvalue weighted by Crippen LogP contribution is 2.10. The molecule has 0 bridgehead atoms. The van der Waals surface area contributed by atoms with Crippen molar-refractivity contribution in [2.75, 3.05) is 25.7 Å². The lowest BCUT2D eigenvalue weighted by atomic mass is 10.7. The Morgan fingerprint density at radius 2 is 2.11 bits per heavy atom. The second-order valence-electron chi connectivity index (χ2n) is 1.19. The van der Waals surface area contributed by atoms with Crippen LogP contribution in [-0.2, 0) is 8.92 Å². The topological polar surface area (TPSA) is 18.5 Å². The molecule has 9 heavy (non-hydrogen) atoms. The molecule has 0 amide bonds. The summed E-state index contributed by atoms with van der Waals surface area (Å²) in [6.07, 6.45) is 0. The maximum absolute atomic E-state index is 5.34. The predicted molar refractivity (Wildman–Crippen MR) is 49.1 cm³/mol. The smallest absolute Gasteiger partial charge is 0.0857 e. The van der Waals surface area contributed by atoms with Gasteiger partial charge in [0.25, 0.3) is 0 Å². The first kappa shape index (κ1) is 10.3. The lowest BCUT2D eigenvalue weighted by Crippen LogP contribution is -2.02. The van der Waals surface area contributed by atoms with Gasteiger partial charge in [-0.3, -0.25) is 0 Å². The molecule has 0 rings (SSSR count). The first-order chi connectivity index (χ1) is 4.41. The van der Waals surface area contributed by atoms with Crippen molar-refractivity contribution in [1.82, 2.24) is 0 Å². The predicted octanol–water partition coefficient (Wildman–Crippen LogP) is 2.26. The van der Waals surface area contributed by atoms with Gasteiger partial charge in [-0.2, -0.15) is 0 Å². The van der Waals surface area contributed by atoms with E-state index in [1.54, 1.807) is 0 Å². The van der Waals surface area contributed by atoms with Gasteiger partial charge < -0.3 is 8.92 Å². The number of rotatable bonds is 6. The normalized spacial score (nSPS) is 10.0. The fraction of sp³-hybridized carbons (Fsp3) is 1.00. The molecule has 0 aromatic heterocycles. The van der Waals surface area contributed by atoms with Crippen LogP contribution in [0.2, 0.25) is 0 Å². The largest absolute Gasteiger partial charge is 0.378 e. The Balaban J connectivity index is 2.60. The Bertz CT molecular complexity index is 51.8. The standard InChI is InChI=1S/C4H8ClIO2S/c5-1-2-7-3-4-8-9-6/h1-4H2. The monoisotopic (exact) mass is 282 g/mol. The van der Waals surface area contributed by atoms with Gasteiger partial charge >= 0.3 is 0 Å². The summed E-state index contributed by atoms with van der Waals surface area (Å²) in [7, 11) is 1.32. The summed E-state index contributed by atoms with van der Waals surface area (Å²) in [5.74, 6) is 0.553. The molecule has 56 valence electrons. The molecule has 0 aromatic carbocycles. The fourth-order valence-corrected chi connectivity index (χ4v) is 1.06. The number of hydrogen-bond acceptors (Lipinski definition) is 3. The van der Waals surface area contributed by atoms with Gasteiger partial charge in [-0.15, -0.1) is 11.6 Å². The van der Waals surface area contributed by atoms with Crippen LogP contribution < -0.4 is 0 Å². The van der Waals surface area contributed by atoms with Gasteiger partial charge in [0.05, 0.1) is 29.0 Å². The first-order valence-electron chi connectivity index (χ1n) is 2.45. The Morgan fingerprint density at radius 1 is 1.33 bits per heavy atom. The zero-order valence-corrected chi connectivity index (χ0v) is 8.54. The van der Waals surface area contributed by atoms with Crippen molar-refractivity contribution >= 4 is 42.0 Å². The van der Waals surface area contributed by atoms with Crippen molar-refractivity contribution in [3.63, 3.8) is 0 Å². The summed E-state index contributed by atoms with van der Waals surface area (Å²) >= 11 is 7.40. The Morgan fingerprint density at radius 3 is 2.67 bits per heavy atom. The van der Waals surface area contributed by atoms with E-state index in [1.807, 2.05) is 0 Å². The van der Waals surface area contributed by atoms with Crippen molar-refractivity contribution in [2.45, 2.75) is 0 Å². The van der Waals surface area contributed by atoms with Gasteiger partial charge in [-0.05, 0) is 0 Å². The highest BCUT2D eigenvalue weighted by atomic mass is 127. The molecule has 0 fully saturated rings. The number of alkyl halides is 1. The molecule has 0 aromatic rings. The van der Waals surface area contributed by atoms with Crippen molar-refractivity contribution in [3.05, 3.63) is 0 Å². The highest BCUT2D eigenvalue weighted by molar-refractivity contribution is 14.2. The van der Waals surface area contributed by atoms with Gasteiger partial charge in [-0.25, -0.2) is 0 Å². The zero-order valence-electron chi connectivity index (χ0n) is 4.81. The van der Waals surface area contributed by atoms with E-state index < -0.39 is 0 Å². The third kappa shape index (κ3) is 9.29. The quantitative estimate of drug-likeness (QED) is 0.322. The Hall–Kier alpha value is 1.29. The minimum absolute atomic E-state index is 0.553. The Kier molecular flexibility index (Phi) is 10.6. The van der Waals surface area contributed by atoms with E-state index in [2.05, 4.69) is 21.2 Å². The number of ether oxygens (including phenoxy) is 1. The van der Waals surface area contributed by atoms with Crippen LogP contribution in [0.25, 0.3) is 0 Å². The van der Waals surface area contributed by atoms with Gasteiger partial charge in [0, 0.05) is 27.1 Å². The molecule has 0 spiro atoms. The van der Waals surface area contributed by atoms with E-state index in [1.165, 1.54) is 9.21 Å². The van der Waals surface area contributed by atoms with Gasteiger partial charge in [0.2, 0.25) is 0 Å². The van der Waals surface area contributed by atoms with Gasteiger partial charge in [0.15, 0.2) is 0 Å². The van der Waals surface area contributed by atoms with E-state index in [0.717, 1.165) is 0 Å². The molecule has 0 unspecified atom stereocenters. The lowest BCUT2D eigenvalue weighted by Gasteiger charge is -1.98. The molecule has 5 heteroatoms. The number of halogens is 2. The molecule has 0 aliphatic heterocycles. The molecule has 0 radical (unpaired) electrons. The summed E-state index contributed by atoms with van der Waals surface area (Å²) < 4.78 is 9.93. The minimum atomic E-state index is 0.553. The summed E-state index contributed by atoms with van der Waals surface area (Å²) in [6, 6.07) is 0. The molecule has 0 N–H and O–H groups in total. The average molecular weight is 283 g/mol. The summed E-state index contributed by atoms with van der Waals surface area (Å²) in [6.45, 7) is 1.87. The maximum Gasteiger partial charge on any atom is 0.0857 e. The molecule has 0 saturated heterocycles. The molecular weight excluding hydrogens is 274 g/mol. The van der Waals surface area contributed by atoms with Gasteiger partial charge in [0.1, 0.15) is 0 Å². The second kappa shape index (κ2) is 9.29. The second-order valence-corrected chi connectivity index (χ2v) is 3.00. The summed E-state index contributed by atoms with van der Waals surface area (Å²) in [5, 5.41) is 0. The third-order valence-electron chi connectivity index (χ3n) is 0.577. The molecule has 0 aliphatic carbocycles. The van der Waals surface area contributed by atoms with E-state index in [-0.39, 0.29) is 0 Å². The van der Waals surface area contributed by atoms with Crippen LogP contribution in [-0.4, -0.2) is 25.7 Å². The van der Waals surface area contributed by atoms with Crippen molar-refractivity contribution in [1.29, 1.82) is 0 Å². The van der Waals surface area contributed by atoms with Crippen molar-refractivity contribution < 1.29 is 8.92 Å². The average Bonchev–Trinajstić information content (AvgIpc) is 1.89. The molecule has 0 atom stereocenters. The maximum atomic E-state index is 5.34. The molecule has 0 aliphatic rings. The van der Waals surface area contributed by atoms with Crippen LogP contribution in [0.4, 0.5) is 0 Å². The minimum Gasteiger partial charge on any atom is -0.378 e. The zero-order chi connectivity index (χ0) is 6.95. The molecule has 0 saturated carbocycles. The fourth-order valence-electron chi connectivity index (χ4n) is 0.281. The Labute approximate surface area is 76.4 Å². The van der Waals surface area contributed by atoms with Crippen LogP contribution in [0.15, 0.2) is 0 Å². The number of hydrogen-bond donors (Lipinski definition) is 0. The van der Waals surface area contributed by atoms with Crippen LogP contribution in [0, 0.1) is 0 Å². The van der Waals surface area contributed by atoms with Crippen molar-refractivity contribution in [3.8, 4) is 0 Å². The van der Waals surface area contributed by atoms with Crippen LogP contribution >= 0.6 is 42.0 Å². The van der Waals surface area contributed by atoms with Gasteiger partial charge in [-0.1, -0.05) is 0 Å².